The van der Waals surface area contributed by atoms with Gasteiger partial charge < -0.3 is 4.42 Å². The van der Waals surface area contributed by atoms with Crippen molar-refractivity contribution >= 4 is 32.6 Å². The molecule has 2 nitrogen and oxygen atoms in total. The quantitative estimate of drug-likeness (QED) is 0.333. The van der Waals surface area contributed by atoms with E-state index in [-0.39, 0.29) is 0 Å². The molecule has 0 saturated carbocycles. The van der Waals surface area contributed by atoms with Crippen LogP contribution in [-0.2, 0) is 0 Å². The Balaban J connectivity index is 1.87. The average Bonchev–Trinajstić information content (AvgIpc) is 3.05. The van der Waals surface area contributed by atoms with E-state index in [9.17, 15) is 0 Å². The molecule has 0 N–H and O–H groups in total. The van der Waals surface area contributed by atoms with Gasteiger partial charge in [-0.3, -0.25) is 0 Å². The Bertz CT molecular complexity index is 1240. The molecule has 25 heavy (non-hydrogen) atoms. The van der Waals surface area contributed by atoms with Gasteiger partial charge in [-0.05, 0) is 48.2 Å². The van der Waals surface area contributed by atoms with Crippen LogP contribution in [0.2, 0.25) is 0 Å². The molecule has 0 atom stereocenters. The van der Waals surface area contributed by atoms with Crippen molar-refractivity contribution in [3.63, 3.8) is 0 Å². The fraction of sp³-hybridized carbons (Fsp3) is 0.0870. The molecule has 0 spiro atoms. The summed E-state index contributed by atoms with van der Waals surface area (Å²) < 4.78 is 6.27. The van der Waals surface area contributed by atoms with Crippen molar-refractivity contribution in [2.24, 2.45) is 0 Å². The molecule has 0 fully saturated rings. The number of rotatable bonds is 1. The van der Waals surface area contributed by atoms with Crippen LogP contribution in [0, 0.1) is 13.8 Å². The first-order chi connectivity index (χ1) is 12.2. The summed E-state index contributed by atoms with van der Waals surface area (Å²) in [7, 11) is 0. The van der Waals surface area contributed by atoms with Crippen LogP contribution >= 0.6 is 0 Å². The number of benzene rings is 4. The van der Waals surface area contributed by atoms with Gasteiger partial charge in [0.1, 0.15) is 5.52 Å². The van der Waals surface area contributed by atoms with Gasteiger partial charge in [-0.25, -0.2) is 4.98 Å². The smallest absolute Gasteiger partial charge is 0.227 e. The second-order valence-electron chi connectivity index (χ2n) is 6.69. The fourth-order valence-corrected chi connectivity index (χ4v) is 3.70. The molecular weight excluding hydrogens is 306 g/mol. The van der Waals surface area contributed by atoms with Crippen LogP contribution in [0.25, 0.3) is 44.1 Å². The van der Waals surface area contributed by atoms with E-state index in [1.54, 1.807) is 0 Å². The maximum Gasteiger partial charge on any atom is 0.227 e. The molecule has 0 bridgehead atoms. The molecule has 0 aliphatic carbocycles. The molecule has 0 amide bonds. The van der Waals surface area contributed by atoms with Crippen LogP contribution in [-0.4, -0.2) is 4.98 Å². The number of hydrogen-bond donors (Lipinski definition) is 0. The maximum absolute atomic E-state index is 6.27. The molecule has 0 aliphatic heterocycles. The molecule has 5 rings (SSSR count). The third-order valence-corrected chi connectivity index (χ3v) is 4.73. The molecule has 2 heteroatoms. The number of oxazole rings is 1. The molecule has 1 aromatic heterocycles. The molecule has 0 radical (unpaired) electrons. The largest absolute Gasteiger partial charge is 0.435 e. The monoisotopic (exact) mass is 323 g/mol. The zero-order valence-corrected chi connectivity index (χ0v) is 14.2. The Morgan fingerprint density at radius 1 is 0.760 bits per heavy atom. The van der Waals surface area contributed by atoms with E-state index in [4.69, 9.17) is 9.40 Å². The van der Waals surface area contributed by atoms with E-state index in [0.29, 0.717) is 5.89 Å². The van der Waals surface area contributed by atoms with E-state index in [0.717, 1.165) is 22.0 Å². The SMILES string of the molecule is Cc1cc(C)cc(-c2nc3ccc4ccc5ccccc5c4c3o2)c1. The summed E-state index contributed by atoms with van der Waals surface area (Å²) in [4.78, 5) is 4.76. The van der Waals surface area contributed by atoms with Crippen LogP contribution in [0.3, 0.4) is 0 Å². The highest BCUT2D eigenvalue weighted by atomic mass is 16.3. The van der Waals surface area contributed by atoms with Crippen molar-refractivity contribution in [2.45, 2.75) is 13.8 Å². The first kappa shape index (κ1) is 14.2. The lowest BCUT2D eigenvalue weighted by Gasteiger charge is -2.03. The van der Waals surface area contributed by atoms with Gasteiger partial charge in [0.15, 0.2) is 5.58 Å². The number of fused-ring (bicyclic) bond motifs is 5. The Labute approximate surface area is 145 Å². The summed E-state index contributed by atoms with van der Waals surface area (Å²) in [6, 6.07) is 23.3. The van der Waals surface area contributed by atoms with Gasteiger partial charge in [-0.15, -0.1) is 0 Å². The molecule has 0 aliphatic rings. The fourth-order valence-electron chi connectivity index (χ4n) is 3.70. The van der Waals surface area contributed by atoms with Crippen LogP contribution in [0.15, 0.2) is 71.1 Å². The predicted octanol–water partition coefficient (Wildman–Crippen LogP) is 6.42. The Morgan fingerprint density at radius 2 is 1.48 bits per heavy atom. The van der Waals surface area contributed by atoms with Crippen molar-refractivity contribution in [3.8, 4) is 11.5 Å². The molecule has 120 valence electrons. The number of nitrogens with zero attached hydrogens (tertiary/aromatic N) is 1. The third-order valence-electron chi connectivity index (χ3n) is 4.73. The zero-order valence-electron chi connectivity index (χ0n) is 14.2. The summed E-state index contributed by atoms with van der Waals surface area (Å²) in [5.74, 6) is 0.683. The Kier molecular flexibility index (Phi) is 2.95. The van der Waals surface area contributed by atoms with Gasteiger partial charge in [-0.2, -0.15) is 0 Å². The van der Waals surface area contributed by atoms with E-state index >= 15 is 0 Å². The second kappa shape index (κ2) is 5.18. The van der Waals surface area contributed by atoms with Crippen molar-refractivity contribution < 1.29 is 4.42 Å². The minimum absolute atomic E-state index is 0.683. The lowest BCUT2D eigenvalue weighted by atomic mass is 10.0. The van der Waals surface area contributed by atoms with Crippen LogP contribution in [0.4, 0.5) is 0 Å². The molecular formula is C23H17NO. The number of hydrogen-bond acceptors (Lipinski definition) is 2. The van der Waals surface area contributed by atoms with E-state index in [1.165, 1.54) is 27.3 Å². The van der Waals surface area contributed by atoms with Gasteiger partial charge in [0.2, 0.25) is 5.89 Å². The molecule has 1 heterocycles. The molecule has 5 aromatic rings. The third kappa shape index (κ3) is 2.22. The van der Waals surface area contributed by atoms with Crippen LogP contribution in [0.5, 0.6) is 0 Å². The van der Waals surface area contributed by atoms with Crippen molar-refractivity contribution in [1.29, 1.82) is 0 Å². The Morgan fingerprint density at radius 3 is 2.32 bits per heavy atom. The molecule has 4 aromatic carbocycles. The highest BCUT2D eigenvalue weighted by Gasteiger charge is 2.13. The van der Waals surface area contributed by atoms with E-state index in [1.807, 2.05) is 6.07 Å². The van der Waals surface area contributed by atoms with Crippen LogP contribution < -0.4 is 0 Å². The Hall–Kier alpha value is -3.13. The summed E-state index contributed by atoms with van der Waals surface area (Å²) in [6.07, 6.45) is 0. The lowest BCUT2D eigenvalue weighted by Crippen LogP contribution is -1.82. The van der Waals surface area contributed by atoms with E-state index in [2.05, 4.69) is 74.5 Å². The number of aryl methyl sites for hydroxylation is 2. The molecule has 0 unspecified atom stereocenters. The van der Waals surface area contributed by atoms with Crippen molar-refractivity contribution in [2.75, 3.05) is 0 Å². The maximum atomic E-state index is 6.27. The van der Waals surface area contributed by atoms with E-state index < -0.39 is 0 Å². The zero-order chi connectivity index (χ0) is 17.0. The number of aromatic nitrogens is 1. The summed E-state index contributed by atoms with van der Waals surface area (Å²) in [5.41, 5.74) is 5.23. The highest BCUT2D eigenvalue weighted by molar-refractivity contribution is 6.17. The summed E-state index contributed by atoms with van der Waals surface area (Å²) >= 11 is 0. The first-order valence-corrected chi connectivity index (χ1v) is 8.49. The second-order valence-corrected chi connectivity index (χ2v) is 6.69. The van der Waals surface area contributed by atoms with Gasteiger partial charge in [-0.1, -0.05) is 59.7 Å². The first-order valence-electron chi connectivity index (χ1n) is 8.49. The predicted molar refractivity (Wildman–Crippen MR) is 104 cm³/mol. The van der Waals surface area contributed by atoms with Gasteiger partial charge in [0, 0.05) is 10.9 Å². The standard InChI is InChI=1S/C23H17NO/c1-14-11-15(2)13-18(12-14)23-24-20-10-9-17-8-7-16-5-3-4-6-19(16)21(17)22(20)25-23/h3-13H,1-2H3. The minimum Gasteiger partial charge on any atom is -0.435 e. The van der Waals surface area contributed by atoms with Crippen LogP contribution in [0.1, 0.15) is 11.1 Å². The van der Waals surface area contributed by atoms with Gasteiger partial charge in [0.05, 0.1) is 0 Å². The molecule has 0 saturated heterocycles. The summed E-state index contributed by atoms with van der Waals surface area (Å²) in [5, 5.41) is 4.73. The topological polar surface area (TPSA) is 26.0 Å². The lowest BCUT2D eigenvalue weighted by molar-refractivity contribution is 0.623. The van der Waals surface area contributed by atoms with Crippen molar-refractivity contribution in [1.82, 2.24) is 4.98 Å². The minimum atomic E-state index is 0.683. The highest BCUT2D eigenvalue weighted by Crippen LogP contribution is 2.34. The average molecular weight is 323 g/mol. The van der Waals surface area contributed by atoms with Crippen molar-refractivity contribution in [3.05, 3.63) is 77.9 Å². The summed E-state index contributed by atoms with van der Waals surface area (Å²) in [6.45, 7) is 4.20. The van der Waals surface area contributed by atoms with Gasteiger partial charge >= 0.3 is 0 Å². The van der Waals surface area contributed by atoms with Gasteiger partial charge in [0.25, 0.3) is 0 Å². The normalized spacial score (nSPS) is 11.6.